The number of halogens is 2. The van der Waals surface area contributed by atoms with Gasteiger partial charge in [0, 0.05) is 5.69 Å². The number of aromatic nitrogens is 5. The van der Waals surface area contributed by atoms with E-state index in [2.05, 4.69) is 37.7 Å². The highest BCUT2D eigenvalue weighted by Gasteiger charge is 2.23. The summed E-state index contributed by atoms with van der Waals surface area (Å²) in [5.74, 6) is 0.374. The minimum Gasteiger partial charge on any atom is -0.383 e. The molecule has 154 valence electrons. The minimum atomic E-state index is -0.323. The molecule has 31 heavy (non-hydrogen) atoms. The molecule has 0 aliphatic carbocycles. The Kier molecular flexibility index (Phi) is 4.90. The number of nitrogens with two attached hydrogens (primary N) is 1. The summed E-state index contributed by atoms with van der Waals surface area (Å²) in [7, 11) is 0. The maximum absolute atomic E-state index is 13.6. The highest BCUT2D eigenvalue weighted by Crippen LogP contribution is 2.30. The Bertz CT molecular complexity index is 1510. The van der Waals surface area contributed by atoms with Crippen molar-refractivity contribution in [2.45, 2.75) is 13.0 Å². The van der Waals surface area contributed by atoms with Crippen LogP contribution in [0.5, 0.6) is 0 Å². The van der Waals surface area contributed by atoms with Crippen LogP contribution in [-0.4, -0.2) is 24.3 Å². The molecule has 1 unspecified atom stereocenters. The molecule has 0 spiro atoms. The summed E-state index contributed by atoms with van der Waals surface area (Å²) in [5.41, 5.74) is 8.00. The van der Waals surface area contributed by atoms with Crippen molar-refractivity contribution < 1.29 is 0 Å². The van der Waals surface area contributed by atoms with Gasteiger partial charge >= 0.3 is 0 Å². The number of hydrogen-bond acceptors (Lipinski definition) is 5. The number of benzene rings is 2. The summed E-state index contributed by atoms with van der Waals surface area (Å²) in [4.78, 5) is 22.1. The van der Waals surface area contributed by atoms with E-state index in [-0.39, 0.29) is 11.6 Å². The molecule has 0 aliphatic heterocycles. The standard InChI is InChI=1S/C22H16ClIN6O/c1-12(30-21-18(19(24)28-30)20(25)26-11-27-21)16-10-13-6-5-9-15(23)17(13)22(31)29(16)14-7-3-2-4-8-14/h2-12H,1H3,(H2,25,26,27). The van der Waals surface area contributed by atoms with Gasteiger partial charge in [-0.3, -0.25) is 9.36 Å². The summed E-state index contributed by atoms with van der Waals surface area (Å²) in [6, 6.07) is 16.6. The molecule has 0 bridgehead atoms. The third-order valence-electron chi connectivity index (χ3n) is 5.31. The summed E-state index contributed by atoms with van der Waals surface area (Å²) < 4.78 is 4.17. The van der Waals surface area contributed by atoms with E-state index in [4.69, 9.17) is 17.3 Å². The van der Waals surface area contributed by atoms with Crippen LogP contribution < -0.4 is 11.3 Å². The van der Waals surface area contributed by atoms with Crippen LogP contribution in [0.15, 0.2) is 65.7 Å². The van der Waals surface area contributed by atoms with Crippen LogP contribution in [0.1, 0.15) is 18.7 Å². The van der Waals surface area contributed by atoms with Gasteiger partial charge in [0.2, 0.25) is 0 Å². The summed E-state index contributed by atoms with van der Waals surface area (Å²) in [5, 5.41) is 7.04. The summed E-state index contributed by atoms with van der Waals surface area (Å²) in [6.45, 7) is 1.98. The molecular weight excluding hydrogens is 527 g/mol. The molecule has 0 radical (unpaired) electrons. The monoisotopic (exact) mass is 542 g/mol. The van der Waals surface area contributed by atoms with E-state index in [0.717, 1.165) is 16.8 Å². The number of pyridine rings is 1. The number of nitrogens with zero attached hydrogens (tertiary/aromatic N) is 5. The van der Waals surface area contributed by atoms with Crippen molar-refractivity contribution in [2.24, 2.45) is 0 Å². The summed E-state index contributed by atoms with van der Waals surface area (Å²) >= 11 is 8.53. The van der Waals surface area contributed by atoms with Crippen molar-refractivity contribution in [1.82, 2.24) is 24.3 Å². The lowest BCUT2D eigenvalue weighted by Crippen LogP contribution is -2.26. The van der Waals surface area contributed by atoms with Gasteiger partial charge in [0.25, 0.3) is 5.56 Å². The first-order chi connectivity index (χ1) is 15.0. The first-order valence-corrected chi connectivity index (χ1v) is 11.0. The average Bonchev–Trinajstić information content (AvgIpc) is 3.11. The van der Waals surface area contributed by atoms with Crippen LogP contribution >= 0.6 is 34.2 Å². The SMILES string of the molecule is CC(c1cc2cccc(Cl)c2c(=O)n1-c1ccccc1)n1nc(I)c2c(N)ncnc21. The fourth-order valence-electron chi connectivity index (χ4n) is 3.84. The van der Waals surface area contributed by atoms with Crippen LogP contribution in [0.2, 0.25) is 5.02 Å². The highest BCUT2D eigenvalue weighted by atomic mass is 127. The predicted octanol–water partition coefficient (Wildman–Crippen LogP) is 4.58. The first-order valence-electron chi connectivity index (χ1n) is 9.51. The van der Waals surface area contributed by atoms with Gasteiger partial charge in [-0.25, -0.2) is 14.6 Å². The first kappa shape index (κ1) is 20.0. The van der Waals surface area contributed by atoms with Crippen molar-refractivity contribution in [3.8, 4) is 5.69 Å². The zero-order chi connectivity index (χ0) is 21.7. The Morgan fingerprint density at radius 2 is 1.84 bits per heavy atom. The van der Waals surface area contributed by atoms with E-state index in [9.17, 15) is 4.79 Å². The molecule has 2 aromatic carbocycles. The Hall–Kier alpha value is -2.98. The lowest BCUT2D eigenvalue weighted by molar-refractivity contribution is 0.549. The molecule has 0 saturated carbocycles. The van der Waals surface area contributed by atoms with Gasteiger partial charge in [-0.15, -0.1) is 0 Å². The van der Waals surface area contributed by atoms with E-state index in [1.54, 1.807) is 15.3 Å². The van der Waals surface area contributed by atoms with Gasteiger partial charge in [0.1, 0.15) is 15.8 Å². The minimum absolute atomic E-state index is 0.184. The zero-order valence-electron chi connectivity index (χ0n) is 16.3. The lowest BCUT2D eigenvalue weighted by Gasteiger charge is -2.21. The number of rotatable bonds is 3. The van der Waals surface area contributed by atoms with Crippen molar-refractivity contribution in [2.75, 3.05) is 5.73 Å². The topological polar surface area (TPSA) is 91.6 Å². The van der Waals surface area contributed by atoms with Gasteiger partial charge < -0.3 is 5.73 Å². The molecule has 5 rings (SSSR count). The van der Waals surface area contributed by atoms with Crippen LogP contribution in [-0.2, 0) is 0 Å². The normalized spacial score (nSPS) is 12.5. The smallest absolute Gasteiger partial charge is 0.264 e. The average molecular weight is 543 g/mol. The second-order valence-corrected chi connectivity index (χ2v) is 8.55. The molecule has 7 nitrogen and oxygen atoms in total. The van der Waals surface area contributed by atoms with Gasteiger partial charge in [-0.1, -0.05) is 41.9 Å². The van der Waals surface area contributed by atoms with E-state index >= 15 is 0 Å². The van der Waals surface area contributed by atoms with E-state index in [0.29, 0.717) is 31.0 Å². The highest BCUT2D eigenvalue weighted by molar-refractivity contribution is 14.1. The van der Waals surface area contributed by atoms with Crippen molar-refractivity contribution in [1.29, 1.82) is 0 Å². The van der Waals surface area contributed by atoms with Gasteiger partial charge in [-0.2, -0.15) is 5.10 Å². The maximum atomic E-state index is 13.6. The van der Waals surface area contributed by atoms with Crippen molar-refractivity contribution in [3.05, 3.63) is 85.7 Å². The Morgan fingerprint density at radius 3 is 2.61 bits per heavy atom. The number of anilines is 1. The lowest BCUT2D eigenvalue weighted by atomic mass is 10.1. The van der Waals surface area contributed by atoms with E-state index in [1.807, 2.05) is 55.5 Å². The summed E-state index contributed by atoms with van der Waals surface area (Å²) in [6.07, 6.45) is 1.42. The largest absolute Gasteiger partial charge is 0.383 e. The van der Waals surface area contributed by atoms with Gasteiger partial charge in [0.05, 0.1) is 27.5 Å². The Morgan fingerprint density at radius 1 is 1.06 bits per heavy atom. The number of para-hydroxylation sites is 1. The van der Waals surface area contributed by atoms with Crippen LogP contribution in [0.3, 0.4) is 0 Å². The molecule has 3 aromatic heterocycles. The Balaban J connectivity index is 1.85. The molecule has 0 amide bonds. The molecule has 1 atom stereocenters. The zero-order valence-corrected chi connectivity index (χ0v) is 19.2. The second kappa shape index (κ2) is 7.61. The third kappa shape index (κ3) is 3.17. The molecule has 9 heteroatoms. The molecule has 3 heterocycles. The van der Waals surface area contributed by atoms with Crippen molar-refractivity contribution >= 4 is 61.8 Å². The van der Waals surface area contributed by atoms with Crippen molar-refractivity contribution in [3.63, 3.8) is 0 Å². The molecule has 0 fully saturated rings. The maximum Gasteiger partial charge on any atom is 0.264 e. The predicted molar refractivity (Wildman–Crippen MR) is 131 cm³/mol. The van der Waals surface area contributed by atoms with Crippen LogP contribution in [0.4, 0.5) is 5.82 Å². The van der Waals surface area contributed by atoms with Gasteiger partial charge in [-0.05, 0) is 59.2 Å². The fourth-order valence-corrected chi connectivity index (χ4v) is 4.85. The molecule has 5 aromatic rings. The number of fused-ring (bicyclic) bond motifs is 2. The number of hydrogen-bond donors (Lipinski definition) is 1. The molecular formula is C22H16ClIN6O. The van der Waals surface area contributed by atoms with Gasteiger partial charge in [0.15, 0.2) is 5.65 Å². The number of nitrogen functional groups attached to an aromatic ring is 1. The van der Waals surface area contributed by atoms with Crippen LogP contribution in [0, 0.1) is 3.70 Å². The van der Waals surface area contributed by atoms with E-state index < -0.39 is 0 Å². The van der Waals surface area contributed by atoms with E-state index in [1.165, 1.54) is 6.33 Å². The third-order valence-corrected chi connectivity index (χ3v) is 6.38. The second-order valence-electron chi connectivity index (χ2n) is 7.12. The Labute approximate surface area is 195 Å². The molecule has 0 aliphatic rings. The van der Waals surface area contributed by atoms with Crippen LogP contribution in [0.25, 0.3) is 27.5 Å². The molecule has 2 N–H and O–H groups in total. The quantitative estimate of drug-likeness (QED) is 0.337. The fraction of sp³-hybridized carbons (Fsp3) is 0.0909. The molecule has 0 saturated heterocycles.